The predicted molar refractivity (Wildman–Crippen MR) is 75.9 cm³/mol. The van der Waals surface area contributed by atoms with Crippen LogP contribution in [0, 0.1) is 0 Å². The van der Waals surface area contributed by atoms with Gasteiger partial charge in [0.05, 0.1) is 26.4 Å². The van der Waals surface area contributed by atoms with Crippen LogP contribution in [0.1, 0.15) is 12.8 Å². The Balaban J connectivity index is 2.85. The maximum Gasteiger partial charge on any atom is 0.161 e. The molecule has 0 unspecified atom stereocenters. The van der Waals surface area contributed by atoms with Crippen LogP contribution in [-0.2, 0) is 18.6 Å². The van der Waals surface area contributed by atoms with Crippen molar-refractivity contribution in [3.05, 3.63) is 0 Å². The van der Waals surface area contributed by atoms with Crippen molar-refractivity contribution in [3.63, 3.8) is 0 Å². The van der Waals surface area contributed by atoms with Crippen molar-refractivity contribution >= 4 is 22.4 Å². The van der Waals surface area contributed by atoms with Crippen molar-refractivity contribution in [3.8, 4) is 0 Å². The van der Waals surface area contributed by atoms with Crippen molar-refractivity contribution in [2.45, 2.75) is 18.9 Å². The lowest BCUT2D eigenvalue weighted by Crippen LogP contribution is -2.10. The normalized spacial score (nSPS) is 11.6. The Morgan fingerprint density at radius 3 is 2.29 bits per heavy atom. The van der Waals surface area contributed by atoms with Gasteiger partial charge in [-0.3, -0.25) is 0 Å². The minimum Gasteiger partial charge on any atom is -0.424 e. The van der Waals surface area contributed by atoms with Crippen LogP contribution in [0.4, 0.5) is 0 Å². The van der Waals surface area contributed by atoms with Gasteiger partial charge in [0.2, 0.25) is 0 Å². The van der Waals surface area contributed by atoms with Gasteiger partial charge in [0, 0.05) is 20.3 Å². The molecule has 0 aliphatic carbocycles. The van der Waals surface area contributed by atoms with E-state index in [0.717, 1.165) is 25.4 Å². The Hall–Kier alpha value is 0.407. The Morgan fingerprint density at radius 1 is 0.882 bits per heavy atom. The molecule has 0 spiro atoms. The number of thiol groups is 1. The number of ether oxygens (including phenoxy) is 3. The van der Waals surface area contributed by atoms with Gasteiger partial charge in [-0.25, -0.2) is 0 Å². The largest absolute Gasteiger partial charge is 0.424 e. The maximum atomic E-state index is 5.57. The van der Waals surface area contributed by atoms with Gasteiger partial charge < -0.3 is 18.6 Å². The van der Waals surface area contributed by atoms with Gasteiger partial charge in [-0.05, 0) is 24.6 Å². The van der Waals surface area contributed by atoms with Gasteiger partial charge in [-0.1, -0.05) is 0 Å². The molecule has 104 valence electrons. The summed E-state index contributed by atoms with van der Waals surface area (Å²) in [6.45, 7) is 4.17. The molecule has 0 rings (SSSR count). The zero-order valence-corrected chi connectivity index (χ0v) is 13.2. The molecule has 17 heavy (non-hydrogen) atoms. The van der Waals surface area contributed by atoms with E-state index >= 15 is 0 Å². The molecule has 0 amide bonds. The highest BCUT2D eigenvalue weighted by Gasteiger charge is 1.92. The molecule has 0 saturated carbocycles. The molecule has 0 aliphatic heterocycles. The molecule has 0 aromatic carbocycles. The van der Waals surface area contributed by atoms with Gasteiger partial charge in [0.1, 0.15) is 0 Å². The Morgan fingerprint density at radius 2 is 1.59 bits per heavy atom. The topological polar surface area (TPSA) is 36.9 Å². The lowest BCUT2D eigenvalue weighted by Gasteiger charge is -2.06. The number of hydrogen-bond acceptors (Lipinski definition) is 5. The Bertz CT molecular complexity index is 127. The van der Waals surface area contributed by atoms with E-state index in [0.29, 0.717) is 26.4 Å². The number of rotatable bonds is 14. The number of hydrogen-bond donors (Lipinski definition) is 1. The maximum absolute atomic E-state index is 5.57. The lowest BCUT2D eigenvalue weighted by molar-refractivity contribution is 0.0225. The molecule has 4 nitrogen and oxygen atoms in total. The van der Waals surface area contributed by atoms with Crippen molar-refractivity contribution in [2.24, 2.45) is 0 Å². The van der Waals surface area contributed by atoms with Crippen LogP contribution < -0.4 is 0 Å². The molecule has 0 fully saturated rings. The van der Waals surface area contributed by atoms with Crippen molar-refractivity contribution in [1.82, 2.24) is 0 Å². The van der Waals surface area contributed by atoms with Crippen molar-refractivity contribution in [1.29, 1.82) is 0 Å². The Kier molecular flexibility index (Phi) is 16.8. The molecule has 0 radical (unpaired) electrons. The molecule has 0 N–H and O–H groups in total. The molecule has 0 aromatic rings. The molecule has 0 saturated heterocycles. The monoisotopic (exact) mass is 282 g/mol. The van der Waals surface area contributed by atoms with E-state index in [-0.39, 0.29) is 9.76 Å². The first-order chi connectivity index (χ1) is 8.41. The molecule has 0 atom stereocenters. The molecule has 0 bridgehead atoms. The molecule has 0 aliphatic rings. The first-order valence-electron chi connectivity index (χ1n) is 6.25. The second kappa shape index (κ2) is 16.4. The van der Waals surface area contributed by atoms with Crippen molar-refractivity contribution in [2.75, 3.05) is 52.5 Å². The van der Waals surface area contributed by atoms with Crippen LogP contribution >= 0.6 is 12.6 Å². The van der Waals surface area contributed by atoms with Crippen LogP contribution in [-0.4, -0.2) is 62.3 Å². The van der Waals surface area contributed by atoms with Crippen LogP contribution in [0.5, 0.6) is 0 Å². The zero-order valence-electron chi connectivity index (χ0n) is 10.9. The summed E-state index contributed by atoms with van der Waals surface area (Å²) in [5, 5.41) is 0. The van der Waals surface area contributed by atoms with Gasteiger partial charge in [0.25, 0.3) is 0 Å². The average Bonchev–Trinajstić information content (AvgIpc) is 2.35. The second-order valence-electron chi connectivity index (χ2n) is 3.61. The van der Waals surface area contributed by atoms with Crippen LogP contribution in [0.3, 0.4) is 0 Å². The molecular formula is C11H26O4SSi. The van der Waals surface area contributed by atoms with Gasteiger partial charge in [0.15, 0.2) is 9.76 Å². The summed E-state index contributed by atoms with van der Waals surface area (Å²) in [5.74, 6) is 0.975. The van der Waals surface area contributed by atoms with E-state index in [2.05, 4.69) is 12.6 Å². The van der Waals surface area contributed by atoms with E-state index in [1.807, 2.05) is 0 Å². The van der Waals surface area contributed by atoms with Crippen LogP contribution in [0.15, 0.2) is 0 Å². The summed E-state index contributed by atoms with van der Waals surface area (Å²) >= 11 is 4.16. The van der Waals surface area contributed by atoms with E-state index in [1.54, 1.807) is 7.11 Å². The zero-order chi connectivity index (χ0) is 12.6. The SMILES string of the molecule is COCCOCCOCCCO[SiH2]CCCS. The minimum atomic E-state index is -0.296. The highest BCUT2D eigenvalue weighted by molar-refractivity contribution is 7.80. The third kappa shape index (κ3) is 16.4. The number of methoxy groups -OCH3 is 1. The third-order valence-electron chi connectivity index (χ3n) is 2.08. The summed E-state index contributed by atoms with van der Waals surface area (Å²) in [6, 6.07) is 1.23. The van der Waals surface area contributed by atoms with Gasteiger partial charge >= 0.3 is 0 Å². The summed E-state index contributed by atoms with van der Waals surface area (Å²) in [7, 11) is 1.37. The summed E-state index contributed by atoms with van der Waals surface area (Å²) < 4.78 is 21.1. The fourth-order valence-corrected chi connectivity index (χ4v) is 2.86. The summed E-state index contributed by atoms with van der Waals surface area (Å²) in [4.78, 5) is 0. The predicted octanol–water partition coefficient (Wildman–Crippen LogP) is 0.895. The summed E-state index contributed by atoms with van der Waals surface area (Å²) in [5.41, 5.74) is 0. The fraction of sp³-hybridized carbons (Fsp3) is 1.00. The van der Waals surface area contributed by atoms with Gasteiger partial charge in [-0.2, -0.15) is 12.6 Å². The first-order valence-corrected chi connectivity index (χ1v) is 8.46. The van der Waals surface area contributed by atoms with E-state index < -0.39 is 0 Å². The lowest BCUT2D eigenvalue weighted by atomic mass is 10.5. The first kappa shape index (κ1) is 17.4. The third-order valence-corrected chi connectivity index (χ3v) is 3.76. The standard InChI is InChI=1S/C11H26O4SSi/c1-12-6-7-14-9-8-13-4-2-5-15-17-11-3-10-16/h16H,2-11,17H2,1H3. The minimum absolute atomic E-state index is 0.296. The van der Waals surface area contributed by atoms with E-state index in [1.165, 1.54) is 12.5 Å². The fourth-order valence-electron chi connectivity index (χ4n) is 1.15. The van der Waals surface area contributed by atoms with Crippen LogP contribution in [0.25, 0.3) is 0 Å². The van der Waals surface area contributed by atoms with Crippen molar-refractivity contribution < 1.29 is 18.6 Å². The smallest absolute Gasteiger partial charge is 0.161 e. The van der Waals surface area contributed by atoms with Crippen LogP contribution in [0.2, 0.25) is 6.04 Å². The molecule has 6 heteroatoms. The second-order valence-corrected chi connectivity index (χ2v) is 5.59. The highest BCUT2D eigenvalue weighted by Crippen LogP contribution is 1.92. The highest BCUT2D eigenvalue weighted by atomic mass is 32.1. The molecular weight excluding hydrogens is 256 g/mol. The summed E-state index contributed by atoms with van der Waals surface area (Å²) in [6.07, 6.45) is 2.16. The van der Waals surface area contributed by atoms with E-state index in [4.69, 9.17) is 18.6 Å². The Labute approximate surface area is 113 Å². The molecule has 0 heterocycles. The quantitative estimate of drug-likeness (QED) is 0.292. The van der Waals surface area contributed by atoms with Gasteiger partial charge in [-0.15, -0.1) is 0 Å². The average molecular weight is 282 g/mol. The van der Waals surface area contributed by atoms with E-state index in [9.17, 15) is 0 Å². The molecule has 0 aromatic heterocycles.